The van der Waals surface area contributed by atoms with Crippen molar-refractivity contribution in [2.45, 2.75) is 32.7 Å². The van der Waals surface area contributed by atoms with E-state index in [1.165, 1.54) is 13.0 Å². The molecule has 0 spiro atoms. The maximum absolute atomic E-state index is 13.6. The summed E-state index contributed by atoms with van der Waals surface area (Å²) in [5.74, 6) is -0.0261. The molecule has 1 aliphatic rings. The van der Waals surface area contributed by atoms with Crippen LogP contribution in [0.1, 0.15) is 36.1 Å². The lowest BCUT2D eigenvalue weighted by Crippen LogP contribution is -2.47. The summed E-state index contributed by atoms with van der Waals surface area (Å²) >= 11 is 0. The number of piperidine rings is 1. The van der Waals surface area contributed by atoms with Crippen LogP contribution in [0, 0.1) is 18.7 Å². The average molecular weight is 358 g/mol. The summed E-state index contributed by atoms with van der Waals surface area (Å²) in [6, 6.07) is 8.57. The summed E-state index contributed by atoms with van der Waals surface area (Å²) < 4.78 is 18.8. The number of carbonyl (C=O) groups is 2. The minimum atomic E-state index is -0.307. The van der Waals surface area contributed by atoms with Crippen molar-refractivity contribution < 1.29 is 18.4 Å². The second-order valence-corrected chi connectivity index (χ2v) is 6.86. The standard InChI is InChI=1S/C20H23FN2O3/c1-13-8-15(5-6-19(13)21)16-9-17(12-23(11-16)14(2)24)20(25)22-10-18-4-3-7-26-18/h3-8,16-17H,9-12H2,1-2H3,(H,22,25)/t16-,17+/m0/s1. The first-order chi connectivity index (χ1) is 12.4. The number of amides is 2. The Hall–Kier alpha value is -2.63. The Bertz CT molecular complexity index is 788. The van der Waals surface area contributed by atoms with Crippen LogP contribution in [0.15, 0.2) is 41.0 Å². The molecule has 1 aromatic carbocycles. The van der Waals surface area contributed by atoms with Gasteiger partial charge in [-0.2, -0.15) is 0 Å². The number of carbonyl (C=O) groups excluding carboxylic acids is 2. The highest BCUT2D eigenvalue weighted by Gasteiger charge is 2.33. The van der Waals surface area contributed by atoms with Crippen molar-refractivity contribution in [2.75, 3.05) is 13.1 Å². The smallest absolute Gasteiger partial charge is 0.225 e. The molecule has 0 unspecified atom stereocenters. The van der Waals surface area contributed by atoms with Crippen molar-refractivity contribution >= 4 is 11.8 Å². The van der Waals surface area contributed by atoms with E-state index in [1.54, 1.807) is 42.4 Å². The van der Waals surface area contributed by atoms with E-state index >= 15 is 0 Å². The highest BCUT2D eigenvalue weighted by molar-refractivity contribution is 5.80. The number of nitrogens with one attached hydrogen (secondary N) is 1. The third kappa shape index (κ3) is 4.12. The van der Waals surface area contributed by atoms with Gasteiger partial charge in [0, 0.05) is 25.9 Å². The Balaban J connectivity index is 1.73. The van der Waals surface area contributed by atoms with Crippen LogP contribution in [0.5, 0.6) is 0 Å². The first-order valence-electron chi connectivity index (χ1n) is 8.75. The predicted octanol–water partition coefficient (Wildman–Crippen LogP) is 3.00. The van der Waals surface area contributed by atoms with Crippen LogP contribution in [0.3, 0.4) is 0 Å². The van der Waals surface area contributed by atoms with Gasteiger partial charge in [-0.1, -0.05) is 12.1 Å². The van der Waals surface area contributed by atoms with Crippen molar-refractivity contribution in [1.29, 1.82) is 0 Å². The molecule has 5 nitrogen and oxygen atoms in total. The SMILES string of the molecule is CC(=O)N1C[C@H](C(=O)NCc2ccco2)C[C@H](c2ccc(F)c(C)c2)C1. The zero-order valence-corrected chi connectivity index (χ0v) is 15.0. The Labute approximate surface area is 152 Å². The Morgan fingerprint density at radius 3 is 2.77 bits per heavy atom. The molecule has 2 amide bonds. The van der Waals surface area contributed by atoms with Gasteiger partial charge in [0.1, 0.15) is 11.6 Å². The van der Waals surface area contributed by atoms with E-state index < -0.39 is 0 Å². The zero-order valence-electron chi connectivity index (χ0n) is 15.0. The van der Waals surface area contributed by atoms with Gasteiger partial charge in [0.2, 0.25) is 11.8 Å². The number of hydrogen-bond donors (Lipinski definition) is 1. The van der Waals surface area contributed by atoms with Gasteiger partial charge in [-0.25, -0.2) is 4.39 Å². The van der Waals surface area contributed by atoms with Crippen LogP contribution in [0.25, 0.3) is 0 Å². The molecule has 1 aromatic heterocycles. The fourth-order valence-corrected chi connectivity index (χ4v) is 3.44. The molecule has 0 saturated carbocycles. The molecule has 6 heteroatoms. The third-order valence-electron chi connectivity index (χ3n) is 4.94. The van der Waals surface area contributed by atoms with Crippen LogP contribution < -0.4 is 5.32 Å². The topological polar surface area (TPSA) is 62.6 Å². The molecule has 138 valence electrons. The number of halogens is 1. The molecule has 1 saturated heterocycles. The van der Waals surface area contributed by atoms with E-state index in [4.69, 9.17) is 4.42 Å². The number of nitrogens with zero attached hydrogens (tertiary/aromatic N) is 1. The van der Waals surface area contributed by atoms with Crippen molar-refractivity contribution in [3.63, 3.8) is 0 Å². The number of furan rings is 1. The van der Waals surface area contributed by atoms with Crippen molar-refractivity contribution in [1.82, 2.24) is 10.2 Å². The predicted molar refractivity (Wildman–Crippen MR) is 94.8 cm³/mol. The molecule has 1 aliphatic heterocycles. The quantitative estimate of drug-likeness (QED) is 0.914. The Morgan fingerprint density at radius 1 is 1.31 bits per heavy atom. The van der Waals surface area contributed by atoms with Gasteiger partial charge in [0.15, 0.2) is 0 Å². The van der Waals surface area contributed by atoms with Crippen LogP contribution in [0.2, 0.25) is 0 Å². The largest absolute Gasteiger partial charge is 0.467 e. The average Bonchev–Trinajstić information content (AvgIpc) is 3.15. The summed E-state index contributed by atoms with van der Waals surface area (Å²) in [5.41, 5.74) is 1.53. The summed E-state index contributed by atoms with van der Waals surface area (Å²) in [7, 11) is 0. The van der Waals surface area contributed by atoms with Crippen LogP contribution in [-0.4, -0.2) is 29.8 Å². The Kier molecular flexibility index (Phi) is 5.40. The second-order valence-electron chi connectivity index (χ2n) is 6.86. The third-order valence-corrected chi connectivity index (χ3v) is 4.94. The number of aryl methyl sites for hydroxylation is 1. The molecule has 26 heavy (non-hydrogen) atoms. The van der Waals surface area contributed by atoms with Gasteiger partial charge in [0.05, 0.1) is 18.7 Å². The summed E-state index contributed by atoms with van der Waals surface area (Å²) in [5, 5.41) is 2.88. The Morgan fingerprint density at radius 2 is 2.12 bits per heavy atom. The van der Waals surface area contributed by atoms with Crippen LogP contribution >= 0.6 is 0 Å². The summed E-state index contributed by atoms with van der Waals surface area (Å²) in [4.78, 5) is 26.2. The minimum Gasteiger partial charge on any atom is -0.467 e. The molecular weight excluding hydrogens is 335 g/mol. The van der Waals surface area contributed by atoms with E-state index in [9.17, 15) is 14.0 Å². The highest BCUT2D eigenvalue weighted by Crippen LogP contribution is 2.31. The van der Waals surface area contributed by atoms with E-state index in [0.29, 0.717) is 37.4 Å². The van der Waals surface area contributed by atoms with Gasteiger partial charge >= 0.3 is 0 Å². The lowest BCUT2D eigenvalue weighted by molar-refractivity contribution is -0.134. The fourth-order valence-electron chi connectivity index (χ4n) is 3.44. The van der Waals surface area contributed by atoms with Gasteiger partial charge in [0.25, 0.3) is 0 Å². The lowest BCUT2D eigenvalue weighted by atomic mass is 9.83. The molecule has 2 heterocycles. The molecule has 0 aliphatic carbocycles. The van der Waals surface area contributed by atoms with Crippen molar-refractivity contribution in [3.05, 3.63) is 59.3 Å². The van der Waals surface area contributed by atoms with E-state index in [2.05, 4.69) is 5.32 Å². The molecule has 2 aromatic rings. The number of benzene rings is 1. The maximum atomic E-state index is 13.6. The molecular formula is C20H23FN2O3. The van der Waals surface area contributed by atoms with Crippen molar-refractivity contribution in [2.24, 2.45) is 5.92 Å². The molecule has 1 N–H and O–H groups in total. The monoisotopic (exact) mass is 358 g/mol. The van der Waals surface area contributed by atoms with E-state index in [-0.39, 0.29) is 29.5 Å². The minimum absolute atomic E-state index is 0.00585. The molecule has 0 bridgehead atoms. The summed E-state index contributed by atoms with van der Waals surface area (Å²) in [6.45, 7) is 4.50. The first-order valence-corrected chi connectivity index (χ1v) is 8.75. The van der Waals surface area contributed by atoms with Gasteiger partial charge in [-0.05, 0) is 42.7 Å². The normalized spacial score (nSPS) is 20.0. The molecule has 0 radical (unpaired) electrons. The van der Waals surface area contributed by atoms with Crippen molar-refractivity contribution in [3.8, 4) is 0 Å². The van der Waals surface area contributed by atoms with E-state index in [0.717, 1.165) is 5.56 Å². The van der Waals surface area contributed by atoms with E-state index in [1.807, 2.05) is 0 Å². The van der Waals surface area contributed by atoms with Crippen LogP contribution in [0.4, 0.5) is 4.39 Å². The number of rotatable bonds is 4. The first kappa shape index (κ1) is 18.2. The summed E-state index contributed by atoms with van der Waals surface area (Å²) in [6.07, 6.45) is 2.19. The highest BCUT2D eigenvalue weighted by atomic mass is 19.1. The fraction of sp³-hybridized carbons (Fsp3) is 0.400. The van der Waals surface area contributed by atoms with Gasteiger partial charge in [-0.3, -0.25) is 9.59 Å². The molecule has 1 fully saturated rings. The zero-order chi connectivity index (χ0) is 18.7. The maximum Gasteiger partial charge on any atom is 0.225 e. The van der Waals surface area contributed by atoms with Gasteiger partial charge in [-0.15, -0.1) is 0 Å². The number of hydrogen-bond acceptors (Lipinski definition) is 3. The number of likely N-dealkylation sites (tertiary alicyclic amines) is 1. The second kappa shape index (κ2) is 7.72. The van der Waals surface area contributed by atoms with Crippen LogP contribution in [-0.2, 0) is 16.1 Å². The molecule has 3 rings (SSSR count). The lowest BCUT2D eigenvalue weighted by Gasteiger charge is -2.37. The van der Waals surface area contributed by atoms with Gasteiger partial charge < -0.3 is 14.6 Å². The molecule has 2 atom stereocenters.